The second kappa shape index (κ2) is 4.49. The molecule has 1 atom stereocenters. The van der Waals surface area contributed by atoms with Gasteiger partial charge in [0.15, 0.2) is 0 Å². The van der Waals surface area contributed by atoms with Gasteiger partial charge in [-0.1, -0.05) is 20.8 Å². The molecule has 4 heteroatoms. The highest BCUT2D eigenvalue weighted by molar-refractivity contribution is 5.81. The average molecular weight is 211 g/mol. The molecule has 1 rings (SSSR count). The highest BCUT2D eigenvalue weighted by Gasteiger charge is 2.21. The van der Waals surface area contributed by atoms with Crippen molar-refractivity contribution in [2.24, 2.45) is 5.41 Å². The third kappa shape index (κ3) is 3.40. The van der Waals surface area contributed by atoms with Crippen LogP contribution in [0.15, 0.2) is 23.0 Å². The Morgan fingerprint density at radius 3 is 2.73 bits per heavy atom. The Morgan fingerprint density at radius 2 is 2.27 bits per heavy atom. The van der Waals surface area contributed by atoms with Gasteiger partial charge in [-0.05, 0) is 6.07 Å². The minimum atomic E-state index is -0.713. The lowest BCUT2D eigenvalue weighted by Crippen LogP contribution is -2.37. The molecule has 1 aromatic heterocycles. The maximum absolute atomic E-state index is 11.5. The fourth-order valence-corrected chi connectivity index (χ4v) is 1.04. The molecule has 0 aliphatic carbocycles. The summed E-state index contributed by atoms with van der Waals surface area (Å²) in [5.74, 6) is -0.0787. The van der Waals surface area contributed by atoms with Crippen LogP contribution in [0.1, 0.15) is 32.4 Å². The second-order valence-electron chi connectivity index (χ2n) is 4.53. The molecular formula is C11H17NO3. The third-order valence-electron chi connectivity index (χ3n) is 2.07. The van der Waals surface area contributed by atoms with Gasteiger partial charge in [0, 0.05) is 17.5 Å². The molecule has 2 N–H and O–H groups in total. The minimum Gasteiger partial charge on any atom is -0.472 e. The van der Waals surface area contributed by atoms with Crippen LogP contribution < -0.4 is 5.32 Å². The zero-order valence-electron chi connectivity index (χ0n) is 9.28. The summed E-state index contributed by atoms with van der Waals surface area (Å²) in [6.07, 6.45) is 2.24. The number of hydrogen-bond acceptors (Lipinski definition) is 3. The monoisotopic (exact) mass is 211 g/mol. The Labute approximate surface area is 89.3 Å². The highest BCUT2D eigenvalue weighted by atomic mass is 16.3. The first-order valence-electron chi connectivity index (χ1n) is 4.89. The largest absolute Gasteiger partial charge is 0.472 e. The smallest absolute Gasteiger partial charge is 0.225 e. The summed E-state index contributed by atoms with van der Waals surface area (Å²) >= 11 is 0. The molecule has 0 aliphatic rings. The molecule has 0 unspecified atom stereocenters. The highest BCUT2D eigenvalue weighted by Crippen LogP contribution is 2.15. The van der Waals surface area contributed by atoms with Crippen LogP contribution in [-0.4, -0.2) is 17.6 Å². The first-order chi connectivity index (χ1) is 6.91. The van der Waals surface area contributed by atoms with Crippen molar-refractivity contribution in [3.63, 3.8) is 0 Å². The lowest BCUT2D eigenvalue weighted by Gasteiger charge is -2.19. The van der Waals surface area contributed by atoms with Gasteiger partial charge in [0.25, 0.3) is 0 Å². The van der Waals surface area contributed by atoms with E-state index in [9.17, 15) is 9.90 Å². The maximum atomic E-state index is 11.5. The number of nitrogens with one attached hydrogen (secondary N) is 1. The van der Waals surface area contributed by atoms with Crippen LogP contribution in [0.25, 0.3) is 0 Å². The molecule has 15 heavy (non-hydrogen) atoms. The van der Waals surface area contributed by atoms with Gasteiger partial charge < -0.3 is 14.8 Å². The summed E-state index contributed by atoms with van der Waals surface area (Å²) in [5.41, 5.74) is 0.236. The molecule has 1 amide bonds. The quantitative estimate of drug-likeness (QED) is 0.796. The van der Waals surface area contributed by atoms with Crippen LogP contribution in [0.3, 0.4) is 0 Å². The van der Waals surface area contributed by atoms with Crippen molar-refractivity contribution >= 4 is 5.91 Å². The lowest BCUT2D eigenvalue weighted by atomic mass is 9.95. The summed E-state index contributed by atoms with van der Waals surface area (Å²) in [6.45, 7) is 5.68. The van der Waals surface area contributed by atoms with Crippen LogP contribution in [-0.2, 0) is 4.79 Å². The van der Waals surface area contributed by atoms with Crippen molar-refractivity contribution in [2.45, 2.75) is 26.9 Å². The molecule has 0 spiro atoms. The first kappa shape index (κ1) is 11.8. The second-order valence-corrected chi connectivity index (χ2v) is 4.53. The number of aliphatic hydroxyl groups is 1. The number of furan rings is 1. The molecule has 0 bridgehead atoms. The zero-order valence-corrected chi connectivity index (χ0v) is 9.28. The van der Waals surface area contributed by atoms with Gasteiger partial charge in [0.2, 0.25) is 5.91 Å². The lowest BCUT2D eigenvalue weighted by molar-refractivity contribution is -0.129. The van der Waals surface area contributed by atoms with Crippen LogP contribution in [0.4, 0.5) is 0 Å². The third-order valence-corrected chi connectivity index (χ3v) is 2.07. The molecule has 0 radical (unpaired) electrons. The molecule has 0 aromatic carbocycles. The summed E-state index contributed by atoms with van der Waals surface area (Å²) in [7, 11) is 0. The van der Waals surface area contributed by atoms with Crippen molar-refractivity contribution in [3.8, 4) is 0 Å². The number of amides is 1. The molecular weight excluding hydrogens is 194 g/mol. The van der Waals surface area contributed by atoms with E-state index in [-0.39, 0.29) is 12.5 Å². The Kier molecular flexibility index (Phi) is 3.52. The van der Waals surface area contributed by atoms with Crippen molar-refractivity contribution in [1.29, 1.82) is 0 Å². The summed E-state index contributed by atoms with van der Waals surface area (Å²) in [6, 6.07) is 1.67. The maximum Gasteiger partial charge on any atom is 0.225 e. The molecule has 1 aromatic rings. The molecule has 4 nitrogen and oxygen atoms in total. The topological polar surface area (TPSA) is 62.5 Å². The van der Waals surface area contributed by atoms with Crippen molar-refractivity contribution in [2.75, 3.05) is 6.54 Å². The van der Waals surface area contributed by atoms with Gasteiger partial charge >= 0.3 is 0 Å². The van der Waals surface area contributed by atoms with Crippen LogP contribution in [0, 0.1) is 5.41 Å². The predicted octanol–water partition coefficient (Wildman–Crippen LogP) is 1.48. The van der Waals surface area contributed by atoms with Crippen LogP contribution in [0.2, 0.25) is 0 Å². The van der Waals surface area contributed by atoms with Crippen molar-refractivity contribution in [3.05, 3.63) is 24.2 Å². The van der Waals surface area contributed by atoms with Gasteiger partial charge in [-0.15, -0.1) is 0 Å². The summed E-state index contributed by atoms with van der Waals surface area (Å²) in [5, 5.41) is 12.3. The van der Waals surface area contributed by atoms with Crippen LogP contribution >= 0.6 is 0 Å². The minimum absolute atomic E-state index is 0.0787. The average Bonchev–Trinajstić information content (AvgIpc) is 2.64. The van der Waals surface area contributed by atoms with Gasteiger partial charge in [0.05, 0.1) is 18.6 Å². The Bertz CT molecular complexity index is 311. The zero-order chi connectivity index (χ0) is 11.5. The van der Waals surface area contributed by atoms with E-state index in [2.05, 4.69) is 5.32 Å². The van der Waals surface area contributed by atoms with E-state index in [0.29, 0.717) is 5.56 Å². The molecule has 0 aliphatic heterocycles. The van der Waals surface area contributed by atoms with E-state index in [0.717, 1.165) is 0 Å². The number of carbonyl (C=O) groups excluding carboxylic acids is 1. The number of rotatable bonds is 3. The van der Waals surface area contributed by atoms with E-state index in [4.69, 9.17) is 4.42 Å². The van der Waals surface area contributed by atoms with E-state index in [1.807, 2.05) is 20.8 Å². The fourth-order valence-electron chi connectivity index (χ4n) is 1.04. The van der Waals surface area contributed by atoms with Crippen molar-refractivity contribution in [1.82, 2.24) is 5.32 Å². The Morgan fingerprint density at radius 1 is 1.60 bits per heavy atom. The Balaban J connectivity index is 2.42. The van der Waals surface area contributed by atoms with E-state index < -0.39 is 11.5 Å². The molecule has 0 saturated heterocycles. The van der Waals surface area contributed by atoms with Crippen molar-refractivity contribution < 1.29 is 14.3 Å². The van der Waals surface area contributed by atoms with E-state index in [1.54, 1.807) is 6.07 Å². The summed E-state index contributed by atoms with van der Waals surface area (Å²) in [4.78, 5) is 11.5. The predicted molar refractivity (Wildman–Crippen MR) is 56.1 cm³/mol. The summed E-state index contributed by atoms with van der Waals surface area (Å²) < 4.78 is 4.84. The molecule has 0 saturated carbocycles. The standard InChI is InChI=1S/C11H17NO3/c1-11(2,3)10(14)12-6-9(13)8-4-5-15-7-8/h4-5,7,9,13H,6H2,1-3H3,(H,12,14)/t9-/m1/s1. The molecule has 1 heterocycles. The van der Waals surface area contributed by atoms with E-state index >= 15 is 0 Å². The fraction of sp³-hybridized carbons (Fsp3) is 0.545. The van der Waals surface area contributed by atoms with Gasteiger partial charge in [-0.3, -0.25) is 4.79 Å². The first-order valence-corrected chi connectivity index (χ1v) is 4.89. The number of hydrogen-bond donors (Lipinski definition) is 2. The Hall–Kier alpha value is -1.29. The molecule has 0 fully saturated rings. The normalized spacial score (nSPS) is 13.6. The van der Waals surface area contributed by atoms with E-state index in [1.165, 1.54) is 12.5 Å². The van der Waals surface area contributed by atoms with Crippen LogP contribution in [0.5, 0.6) is 0 Å². The van der Waals surface area contributed by atoms with Gasteiger partial charge in [0.1, 0.15) is 0 Å². The number of aliphatic hydroxyl groups excluding tert-OH is 1. The SMILES string of the molecule is CC(C)(C)C(=O)NC[C@@H](O)c1ccoc1. The number of carbonyl (C=O) groups is 1. The van der Waals surface area contributed by atoms with Gasteiger partial charge in [-0.25, -0.2) is 0 Å². The van der Waals surface area contributed by atoms with Gasteiger partial charge in [-0.2, -0.15) is 0 Å². The molecule has 84 valence electrons.